The van der Waals surface area contributed by atoms with Gasteiger partial charge in [-0.05, 0) is 6.92 Å². The Morgan fingerprint density at radius 3 is 2.45 bits per heavy atom. The summed E-state index contributed by atoms with van der Waals surface area (Å²) in [4.78, 5) is 10.2. The summed E-state index contributed by atoms with van der Waals surface area (Å²) in [6.07, 6.45) is -2.09. The van der Waals surface area contributed by atoms with Gasteiger partial charge in [-0.3, -0.25) is 0 Å². The lowest BCUT2D eigenvalue weighted by atomic mass is 10.4. The molecule has 1 fully saturated rings. The Morgan fingerprint density at radius 1 is 1.73 bits per heavy atom. The normalized spacial score (nSPS) is 28.8. The highest BCUT2D eigenvalue weighted by atomic mass is 32.2. The number of carboxylic acid groups (broad SMARTS) is 1. The van der Waals surface area contributed by atoms with Crippen molar-refractivity contribution in [3.63, 3.8) is 0 Å². The van der Waals surface area contributed by atoms with E-state index < -0.39 is 22.5 Å². The molecule has 64 valence electrons. The van der Waals surface area contributed by atoms with Crippen molar-refractivity contribution in [3.05, 3.63) is 0 Å². The molecule has 0 aliphatic carbocycles. The van der Waals surface area contributed by atoms with E-state index in [0.29, 0.717) is 0 Å². The molecule has 1 N–H and O–H groups in total. The Bertz CT molecular complexity index is 270. The number of carbonyl (C=O) groups is 1. The van der Waals surface area contributed by atoms with E-state index in [-0.39, 0.29) is 10.8 Å². The topological polar surface area (TPSA) is 83.9 Å². The van der Waals surface area contributed by atoms with Gasteiger partial charge in [-0.2, -0.15) is 12.7 Å². The summed E-state index contributed by atoms with van der Waals surface area (Å²) >= 11 is 0. The second-order valence-corrected chi connectivity index (χ2v) is 3.67. The molecule has 0 aromatic carbocycles. The monoisotopic (exact) mass is 181 g/mol. The third-order valence-corrected chi connectivity index (χ3v) is 2.61. The van der Waals surface area contributed by atoms with E-state index in [2.05, 4.69) is 4.18 Å². The minimum atomic E-state index is -4.00. The number of amides is 1. The van der Waals surface area contributed by atoms with Gasteiger partial charge in [0.2, 0.25) is 0 Å². The largest absolute Gasteiger partial charge is 0.464 e. The van der Waals surface area contributed by atoms with Crippen LogP contribution in [0.2, 0.25) is 0 Å². The van der Waals surface area contributed by atoms with Gasteiger partial charge in [0.15, 0.2) is 0 Å². The lowest BCUT2D eigenvalue weighted by molar-refractivity contribution is 0.173. The number of hydrogen-bond acceptors (Lipinski definition) is 4. The predicted molar refractivity (Wildman–Crippen MR) is 34.2 cm³/mol. The van der Waals surface area contributed by atoms with Gasteiger partial charge >= 0.3 is 16.4 Å². The standard InChI is InChI=1S/C4H7NO5S/c1-3-2-5(4(6)7)11(8,9)10-3/h3H,2H2,1H3,(H,6,7). The van der Waals surface area contributed by atoms with Crippen LogP contribution in [0.15, 0.2) is 0 Å². The predicted octanol–water partition coefficient (Wildman–Crippen LogP) is -0.370. The Labute approximate surface area is 63.6 Å². The Balaban J connectivity index is 2.92. The van der Waals surface area contributed by atoms with Crippen LogP contribution in [-0.4, -0.2) is 36.6 Å². The fourth-order valence-electron chi connectivity index (χ4n) is 0.789. The van der Waals surface area contributed by atoms with Crippen molar-refractivity contribution in [1.82, 2.24) is 4.31 Å². The Hall–Kier alpha value is -0.820. The maximum atomic E-state index is 10.7. The summed E-state index contributed by atoms with van der Waals surface area (Å²) in [7, 11) is -4.00. The molecule has 0 aromatic heterocycles. The van der Waals surface area contributed by atoms with Crippen molar-refractivity contribution >= 4 is 16.4 Å². The van der Waals surface area contributed by atoms with E-state index in [1.165, 1.54) is 6.92 Å². The van der Waals surface area contributed by atoms with Crippen LogP contribution in [-0.2, 0) is 14.5 Å². The van der Waals surface area contributed by atoms with Gasteiger partial charge in [0.05, 0.1) is 12.6 Å². The molecule has 1 aliphatic rings. The van der Waals surface area contributed by atoms with E-state index in [1.807, 2.05) is 0 Å². The first kappa shape index (κ1) is 8.28. The van der Waals surface area contributed by atoms with Crippen molar-refractivity contribution in [1.29, 1.82) is 0 Å². The fraction of sp³-hybridized carbons (Fsp3) is 0.750. The smallest absolute Gasteiger partial charge is 0.422 e. The molecule has 0 spiro atoms. The van der Waals surface area contributed by atoms with Crippen LogP contribution in [0.4, 0.5) is 4.79 Å². The van der Waals surface area contributed by atoms with Gasteiger partial charge in [-0.1, -0.05) is 0 Å². The van der Waals surface area contributed by atoms with Gasteiger partial charge < -0.3 is 5.11 Å². The molecule has 7 heteroatoms. The molecule has 1 heterocycles. The van der Waals surface area contributed by atoms with E-state index >= 15 is 0 Å². The lowest BCUT2D eigenvalue weighted by Gasteiger charge is -2.05. The van der Waals surface area contributed by atoms with Gasteiger partial charge in [0, 0.05) is 0 Å². The highest BCUT2D eigenvalue weighted by molar-refractivity contribution is 7.85. The Morgan fingerprint density at radius 2 is 2.27 bits per heavy atom. The van der Waals surface area contributed by atoms with Crippen LogP contribution in [0.3, 0.4) is 0 Å². The molecule has 11 heavy (non-hydrogen) atoms. The first-order chi connectivity index (χ1) is 4.93. The minimum Gasteiger partial charge on any atom is -0.464 e. The first-order valence-electron chi connectivity index (χ1n) is 2.87. The van der Waals surface area contributed by atoms with Crippen molar-refractivity contribution in [2.24, 2.45) is 0 Å². The summed E-state index contributed by atoms with van der Waals surface area (Å²) in [5, 5.41) is 8.33. The third-order valence-electron chi connectivity index (χ3n) is 1.19. The van der Waals surface area contributed by atoms with Crippen molar-refractivity contribution in [3.8, 4) is 0 Å². The molecule has 0 saturated carbocycles. The zero-order valence-corrected chi connectivity index (χ0v) is 6.54. The lowest BCUT2D eigenvalue weighted by Crippen LogP contribution is -2.31. The highest BCUT2D eigenvalue weighted by Crippen LogP contribution is 2.16. The molecule has 1 saturated heterocycles. The molecule has 0 bridgehead atoms. The SMILES string of the molecule is CC1CN(C(=O)O)S(=O)(=O)O1. The average molecular weight is 181 g/mol. The van der Waals surface area contributed by atoms with Gasteiger partial charge in [0.25, 0.3) is 0 Å². The number of hydrogen-bond donors (Lipinski definition) is 1. The maximum absolute atomic E-state index is 10.7. The maximum Gasteiger partial charge on any atom is 0.422 e. The molecule has 1 unspecified atom stereocenters. The van der Waals surface area contributed by atoms with E-state index in [1.54, 1.807) is 0 Å². The van der Waals surface area contributed by atoms with E-state index in [0.717, 1.165) is 0 Å². The first-order valence-corrected chi connectivity index (χ1v) is 4.24. The zero-order valence-electron chi connectivity index (χ0n) is 5.72. The average Bonchev–Trinajstić information content (AvgIpc) is 2.04. The fourth-order valence-corrected chi connectivity index (χ4v) is 1.95. The summed E-state index contributed by atoms with van der Waals surface area (Å²) in [5.74, 6) is 0. The van der Waals surface area contributed by atoms with Crippen LogP contribution in [0.5, 0.6) is 0 Å². The van der Waals surface area contributed by atoms with Gasteiger partial charge in [-0.15, -0.1) is 0 Å². The number of rotatable bonds is 0. The van der Waals surface area contributed by atoms with Gasteiger partial charge in [-0.25, -0.2) is 8.98 Å². The third kappa shape index (κ3) is 1.43. The van der Waals surface area contributed by atoms with Crippen molar-refractivity contribution in [2.45, 2.75) is 13.0 Å². The molecule has 1 atom stereocenters. The highest BCUT2D eigenvalue weighted by Gasteiger charge is 2.38. The Kier molecular flexibility index (Phi) is 1.77. The summed E-state index contributed by atoms with van der Waals surface area (Å²) in [6.45, 7) is 1.36. The van der Waals surface area contributed by atoms with Crippen LogP contribution in [0.25, 0.3) is 0 Å². The van der Waals surface area contributed by atoms with Gasteiger partial charge in [0.1, 0.15) is 0 Å². The second kappa shape index (κ2) is 2.35. The van der Waals surface area contributed by atoms with E-state index in [4.69, 9.17) is 5.11 Å². The molecule has 6 nitrogen and oxygen atoms in total. The van der Waals surface area contributed by atoms with E-state index in [9.17, 15) is 13.2 Å². The molecule has 0 aromatic rings. The zero-order chi connectivity index (χ0) is 8.65. The van der Waals surface area contributed by atoms with Crippen molar-refractivity contribution < 1.29 is 22.5 Å². The number of nitrogens with zero attached hydrogens (tertiary/aromatic N) is 1. The molecule has 1 aliphatic heterocycles. The van der Waals surface area contributed by atoms with Crippen LogP contribution in [0.1, 0.15) is 6.92 Å². The molecule has 0 radical (unpaired) electrons. The molecular weight excluding hydrogens is 174 g/mol. The van der Waals surface area contributed by atoms with Crippen LogP contribution < -0.4 is 0 Å². The summed E-state index contributed by atoms with van der Waals surface area (Å²) < 4.78 is 26.1. The van der Waals surface area contributed by atoms with Crippen LogP contribution in [0, 0.1) is 0 Å². The second-order valence-electron chi connectivity index (χ2n) is 2.18. The molecular formula is C4H7NO5S. The molecule has 1 rings (SSSR count). The molecule has 1 amide bonds. The summed E-state index contributed by atoms with van der Waals surface area (Å²) in [5.41, 5.74) is 0. The quantitative estimate of drug-likeness (QED) is 0.551. The summed E-state index contributed by atoms with van der Waals surface area (Å²) in [6, 6.07) is 0. The van der Waals surface area contributed by atoms with Crippen LogP contribution >= 0.6 is 0 Å². The van der Waals surface area contributed by atoms with Crippen molar-refractivity contribution in [2.75, 3.05) is 6.54 Å². The minimum absolute atomic E-state index is 0.127.